The van der Waals surface area contributed by atoms with Gasteiger partial charge in [-0.3, -0.25) is 4.79 Å². The molecular weight excluding hydrogens is 374 g/mol. The Bertz CT molecular complexity index is 824. The predicted octanol–water partition coefficient (Wildman–Crippen LogP) is 1.89. The summed E-state index contributed by atoms with van der Waals surface area (Å²) >= 11 is 3.37. The van der Waals surface area contributed by atoms with E-state index in [2.05, 4.69) is 36.8 Å². The van der Waals surface area contributed by atoms with Gasteiger partial charge in [-0.05, 0) is 34.2 Å². The molecule has 0 aliphatic carbocycles. The zero-order valence-electron chi connectivity index (χ0n) is 12.5. The van der Waals surface area contributed by atoms with Gasteiger partial charge in [0, 0.05) is 4.47 Å². The quantitative estimate of drug-likeness (QED) is 0.697. The predicted molar refractivity (Wildman–Crippen MR) is 90.6 cm³/mol. The van der Waals surface area contributed by atoms with Crippen LogP contribution in [0, 0.1) is 0 Å². The number of benzene rings is 2. The van der Waals surface area contributed by atoms with Crippen molar-refractivity contribution < 1.29 is 9.90 Å². The molecule has 0 spiro atoms. The third-order valence-corrected chi connectivity index (χ3v) is 3.98. The molecule has 0 aliphatic heterocycles. The second kappa shape index (κ2) is 7.33. The van der Waals surface area contributed by atoms with Gasteiger partial charge < -0.3 is 10.4 Å². The molecule has 1 aromatic heterocycles. The van der Waals surface area contributed by atoms with Crippen LogP contribution < -0.4 is 5.32 Å². The van der Waals surface area contributed by atoms with Crippen LogP contribution in [0.3, 0.4) is 0 Å². The van der Waals surface area contributed by atoms with Crippen LogP contribution in [0.5, 0.6) is 0 Å². The molecule has 122 valence electrons. The Morgan fingerprint density at radius 3 is 2.71 bits per heavy atom. The Morgan fingerprint density at radius 1 is 1.25 bits per heavy atom. The Labute approximate surface area is 146 Å². The summed E-state index contributed by atoms with van der Waals surface area (Å²) in [5.74, 6) is -0.329. The molecule has 0 radical (unpaired) electrons. The second-order valence-corrected chi connectivity index (χ2v) is 5.95. The number of rotatable bonds is 5. The van der Waals surface area contributed by atoms with Gasteiger partial charge in [-0.1, -0.05) is 46.3 Å². The maximum Gasteiger partial charge on any atom is 0.254 e. The molecule has 2 N–H and O–H groups in total. The van der Waals surface area contributed by atoms with Crippen molar-refractivity contribution in [2.75, 3.05) is 6.61 Å². The van der Waals surface area contributed by atoms with Gasteiger partial charge in [-0.15, -0.1) is 5.10 Å². The molecule has 0 saturated heterocycles. The molecular formula is C16H14BrN5O2. The van der Waals surface area contributed by atoms with Gasteiger partial charge >= 0.3 is 0 Å². The molecule has 0 fully saturated rings. The van der Waals surface area contributed by atoms with E-state index in [0.717, 1.165) is 10.0 Å². The lowest BCUT2D eigenvalue weighted by Gasteiger charge is -2.18. The molecule has 0 aliphatic rings. The van der Waals surface area contributed by atoms with E-state index in [-0.39, 0.29) is 12.5 Å². The SMILES string of the molecule is O=C(N[C@H](CO)c1ccccc1)c1cc(Br)ccc1-n1cnnn1. The Hall–Kier alpha value is -2.58. The third-order valence-electron chi connectivity index (χ3n) is 3.49. The van der Waals surface area contributed by atoms with Gasteiger partial charge in [0.25, 0.3) is 5.91 Å². The largest absolute Gasteiger partial charge is 0.394 e. The van der Waals surface area contributed by atoms with Gasteiger partial charge in [0.2, 0.25) is 0 Å². The first-order valence-electron chi connectivity index (χ1n) is 7.18. The molecule has 0 unspecified atom stereocenters. The molecule has 0 bridgehead atoms. The van der Waals surface area contributed by atoms with Crippen molar-refractivity contribution in [2.24, 2.45) is 0 Å². The Morgan fingerprint density at radius 2 is 2.04 bits per heavy atom. The highest BCUT2D eigenvalue weighted by molar-refractivity contribution is 9.10. The van der Waals surface area contributed by atoms with Gasteiger partial charge in [0.1, 0.15) is 6.33 Å². The van der Waals surface area contributed by atoms with E-state index in [0.29, 0.717) is 11.3 Å². The zero-order chi connectivity index (χ0) is 16.9. The maximum absolute atomic E-state index is 12.7. The summed E-state index contributed by atoms with van der Waals surface area (Å²) in [5, 5.41) is 23.5. The number of carbonyl (C=O) groups excluding carboxylic acids is 1. The molecule has 3 rings (SSSR count). The molecule has 1 heterocycles. The molecule has 0 saturated carbocycles. The first kappa shape index (κ1) is 16.3. The van der Waals surface area contributed by atoms with E-state index in [1.807, 2.05) is 30.3 Å². The van der Waals surface area contributed by atoms with E-state index in [1.54, 1.807) is 18.2 Å². The average molecular weight is 388 g/mol. The normalized spacial score (nSPS) is 11.9. The lowest BCUT2D eigenvalue weighted by atomic mass is 10.1. The standard InChI is InChI=1S/C16H14BrN5O2/c17-12-6-7-15(22-10-18-20-21-22)13(8-12)16(24)19-14(9-23)11-4-2-1-3-5-11/h1-8,10,14,23H,9H2,(H,19,24)/t14-/m1/s1. The Balaban J connectivity index is 1.91. The molecule has 24 heavy (non-hydrogen) atoms. The van der Waals surface area contributed by atoms with Crippen molar-refractivity contribution in [3.8, 4) is 5.69 Å². The fraction of sp³-hybridized carbons (Fsp3) is 0.125. The van der Waals surface area contributed by atoms with E-state index in [1.165, 1.54) is 11.0 Å². The van der Waals surface area contributed by atoms with Gasteiger partial charge in [-0.25, -0.2) is 0 Å². The summed E-state index contributed by atoms with van der Waals surface area (Å²) in [4.78, 5) is 12.7. The number of halogens is 1. The van der Waals surface area contributed by atoms with E-state index in [4.69, 9.17) is 0 Å². The number of amides is 1. The van der Waals surface area contributed by atoms with Gasteiger partial charge in [-0.2, -0.15) is 4.68 Å². The summed E-state index contributed by atoms with van der Waals surface area (Å²) in [5.41, 5.74) is 1.77. The highest BCUT2D eigenvalue weighted by Crippen LogP contribution is 2.21. The molecule has 3 aromatic rings. The van der Waals surface area contributed by atoms with Crippen LogP contribution in [0.15, 0.2) is 59.3 Å². The van der Waals surface area contributed by atoms with Crippen LogP contribution in [-0.2, 0) is 0 Å². The molecule has 2 aromatic carbocycles. The zero-order valence-corrected chi connectivity index (χ0v) is 14.1. The summed E-state index contributed by atoms with van der Waals surface area (Å²) in [6, 6.07) is 14.0. The molecule has 8 heteroatoms. The summed E-state index contributed by atoms with van der Waals surface area (Å²) < 4.78 is 2.17. The van der Waals surface area contributed by atoms with E-state index in [9.17, 15) is 9.90 Å². The van der Waals surface area contributed by atoms with E-state index < -0.39 is 6.04 Å². The number of hydrogen-bond acceptors (Lipinski definition) is 5. The summed E-state index contributed by atoms with van der Waals surface area (Å²) in [6.45, 7) is -0.204. The summed E-state index contributed by atoms with van der Waals surface area (Å²) in [6.07, 6.45) is 1.42. The number of carbonyl (C=O) groups is 1. The number of aliphatic hydroxyl groups excluding tert-OH is 1. The van der Waals surface area contributed by atoms with E-state index >= 15 is 0 Å². The van der Waals surface area contributed by atoms with Crippen LogP contribution in [0.1, 0.15) is 22.0 Å². The van der Waals surface area contributed by atoms with Crippen molar-refractivity contribution in [3.05, 3.63) is 70.5 Å². The monoisotopic (exact) mass is 387 g/mol. The highest BCUT2D eigenvalue weighted by Gasteiger charge is 2.19. The minimum Gasteiger partial charge on any atom is -0.394 e. The van der Waals surface area contributed by atoms with Crippen molar-refractivity contribution in [3.63, 3.8) is 0 Å². The Kier molecular flexibility index (Phi) is 4.97. The highest BCUT2D eigenvalue weighted by atomic mass is 79.9. The minimum absolute atomic E-state index is 0.204. The van der Waals surface area contributed by atoms with Crippen LogP contribution in [0.4, 0.5) is 0 Å². The fourth-order valence-electron chi connectivity index (χ4n) is 2.32. The first-order valence-corrected chi connectivity index (χ1v) is 7.98. The van der Waals surface area contributed by atoms with Gasteiger partial charge in [0.05, 0.1) is 23.9 Å². The van der Waals surface area contributed by atoms with Crippen LogP contribution in [0.2, 0.25) is 0 Å². The molecule has 7 nitrogen and oxygen atoms in total. The smallest absolute Gasteiger partial charge is 0.254 e. The number of tetrazole rings is 1. The van der Waals surface area contributed by atoms with Crippen molar-refractivity contribution >= 4 is 21.8 Å². The number of nitrogens with one attached hydrogen (secondary N) is 1. The minimum atomic E-state index is -0.501. The topological polar surface area (TPSA) is 92.9 Å². The van der Waals surface area contributed by atoms with Crippen LogP contribution in [0.25, 0.3) is 5.69 Å². The number of nitrogens with zero attached hydrogens (tertiary/aromatic N) is 4. The number of hydrogen-bond donors (Lipinski definition) is 2. The maximum atomic E-state index is 12.7. The van der Waals surface area contributed by atoms with Crippen molar-refractivity contribution in [2.45, 2.75) is 6.04 Å². The van der Waals surface area contributed by atoms with Crippen LogP contribution in [-0.4, -0.2) is 37.8 Å². The third kappa shape index (κ3) is 3.50. The lowest BCUT2D eigenvalue weighted by molar-refractivity contribution is 0.0916. The van der Waals surface area contributed by atoms with Crippen molar-refractivity contribution in [1.29, 1.82) is 0 Å². The number of aromatic nitrogens is 4. The number of aliphatic hydroxyl groups is 1. The lowest BCUT2D eigenvalue weighted by Crippen LogP contribution is -2.31. The summed E-state index contributed by atoms with van der Waals surface area (Å²) in [7, 11) is 0. The van der Waals surface area contributed by atoms with Crippen LogP contribution >= 0.6 is 15.9 Å². The average Bonchev–Trinajstić information content (AvgIpc) is 3.14. The van der Waals surface area contributed by atoms with Crippen molar-refractivity contribution in [1.82, 2.24) is 25.5 Å². The van der Waals surface area contributed by atoms with Gasteiger partial charge in [0.15, 0.2) is 0 Å². The first-order chi connectivity index (χ1) is 11.7. The molecule has 1 amide bonds. The fourth-order valence-corrected chi connectivity index (χ4v) is 2.68. The second-order valence-electron chi connectivity index (χ2n) is 5.04. The molecule has 1 atom stereocenters.